The summed E-state index contributed by atoms with van der Waals surface area (Å²) in [6.07, 6.45) is 0. The number of ether oxygens (including phenoxy) is 1. The number of benzene rings is 2. The van der Waals surface area contributed by atoms with Gasteiger partial charge in [-0.25, -0.2) is 0 Å². The van der Waals surface area contributed by atoms with E-state index in [0.29, 0.717) is 6.61 Å². The molecule has 0 aliphatic carbocycles. The van der Waals surface area contributed by atoms with Crippen molar-refractivity contribution in [2.24, 2.45) is 0 Å². The number of aromatic nitrogens is 4. The molecule has 0 saturated heterocycles. The lowest BCUT2D eigenvalue weighted by Crippen LogP contribution is -1.99. The smallest absolute Gasteiger partial charge is 0.234 e. The summed E-state index contributed by atoms with van der Waals surface area (Å²) in [5.41, 5.74) is 1.12. The predicted octanol–water partition coefficient (Wildman–Crippen LogP) is 4.37. The molecule has 0 aliphatic heterocycles. The Bertz CT molecular complexity index is 981. The first-order chi connectivity index (χ1) is 12.3. The zero-order chi connectivity index (χ0) is 17.1. The van der Waals surface area contributed by atoms with Crippen LogP contribution in [-0.2, 0) is 12.4 Å². The quantitative estimate of drug-likeness (QED) is 0.473. The minimum atomic E-state index is 0.435. The van der Waals surface area contributed by atoms with Crippen LogP contribution < -0.4 is 4.74 Å². The molecule has 0 atom stereocenters. The standard InChI is InChI=1S/C18H16N4OS2/c1-13-7-5-6-10-15(13)23-11-17-21-22-16(19-20-18(22)25-17)12-24-14-8-3-2-4-9-14/h2-10H,11-12H2,1H3. The van der Waals surface area contributed by atoms with Gasteiger partial charge in [0.15, 0.2) is 10.8 Å². The number of rotatable bonds is 6. The average molecular weight is 368 g/mol. The van der Waals surface area contributed by atoms with E-state index in [0.717, 1.165) is 32.9 Å². The van der Waals surface area contributed by atoms with Crippen molar-refractivity contribution in [3.05, 3.63) is 71.0 Å². The molecule has 25 heavy (non-hydrogen) atoms. The van der Waals surface area contributed by atoms with Crippen molar-refractivity contribution in [2.45, 2.75) is 24.2 Å². The second kappa shape index (κ2) is 7.25. The van der Waals surface area contributed by atoms with E-state index < -0.39 is 0 Å². The van der Waals surface area contributed by atoms with Crippen LogP contribution in [0.5, 0.6) is 5.75 Å². The molecular formula is C18H16N4OS2. The molecule has 2 aromatic heterocycles. The summed E-state index contributed by atoms with van der Waals surface area (Å²) < 4.78 is 7.69. The van der Waals surface area contributed by atoms with E-state index in [-0.39, 0.29) is 0 Å². The normalized spacial score (nSPS) is 11.1. The summed E-state index contributed by atoms with van der Waals surface area (Å²) in [4.78, 5) is 2.00. The van der Waals surface area contributed by atoms with Crippen LogP contribution in [0.1, 0.15) is 16.4 Å². The van der Waals surface area contributed by atoms with E-state index >= 15 is 0 Å². The Labute approximate surface area is 153 Å². The van der Waals surface area contributed by atoms with Crippen LogP contribution in [0.3, 0.4) is 0 Å². The monoisotopic (exact) mass is 368 g/mol. The molecule has 0 radical (unpaired) electrons. The highest BCUT2D eigenvalue weighted by atomic mass is 32.2. The van der Waals surface area contributed by atoms with Crippen LogP contribution in [0.2, 0.25) is 0 Å². The predicted molar refractivity (Wildman–Crippen MR) is 100 cm³/mol. The largest absolute Gasteiger partial charge is 0.486 e. The number of hydrogen-bond acceptors (Lipinski definition) is 6. The van der Waals surface area contributed by atoms with Crippen LogP contribution in [0.25, 0.3) is 4.96 Å². The molecule has 2 aromatic carbocycles. The van der Waals surface area contributed by atoms with Gasteiger partial charge in [-0.1, -0.05) is 47.7 Å². The first-order valence-electron chi connectivity index (χ1n) is 7.86. The first kappa shape index (κ1) is 16.1. The van der Waals surface area contributed by atoms with Gasteiger partial charge < -0.3 is 4.74 Å². The molecule has 0 spiro atoms. The topological polar surface area (TPSA) is 52.3 Å². The van der Waals surface area contributed by atoms with Crippen molar-refractivity contribution in [3.8, 4) is 5.75 Å². The van der Waals surface area contributed by atoms with Gasteiger partial charge in [0.05, 0.1) is 5.75 Å². The Kier molecular flexibility index (Phi) is 4.67. The lowest BCUT2D eigenvalue weighted by molar-refractivity contribution is 0.302. The van der Waals surface area contributed by atoms with Gasteiger partial charge in [0.25, 0.3) is 0 Å². The number of thioether (sulfide) groups is 1. The summed E-state index contributed by atoms with van der Waals surface area (Å²) in [5.74, 6) is 2.46. The van der Waals surface area contributed by atoms with Crippen molar-refractivity contribution in [3.63, 3.8) is 0 Å². The summed E-state index contributed by atoms with van der Waals surface area (Å²) >= 11 is 3.23. The minimum Gasteiger partial charge on any atom is -0.486 e. The first-order valence-corrected chi connectivity index (χ1v) is 9.66. The van der Waals surface area contributed by atoms with Crippen LogP contribution in [-0.4, -0.2) is 19.8 Å². The number of hydrogen-bond donors (Lipinski definition) is 0. The molecule has 126 valence electrons. The molecule has 0 aliphatic rings. The minimum absolute atomic E-state index is 0.435. The fourth-order valence-corrected chi connectivity index (χ4v) is 3.96. The van der Waals surface area contributed by atoms with Crippen molar-refractivity contribution < 1.29 is 4.74 Å². The molecule has 0 fully saturated rings. The highest BCUT2D eigenvalue weighted by molar-refractivity contribution is 7.98. The van der Waals surface area contributed by atoms with Crippen LogP contribution in [0, 0.1) is 6.92 Å². The zero-order valence-electron chi connectivity index (χ0n) is 13.6. The van der Waals surface area contributed by atoms with E-state index in [1.807, 2.05) is 53.9 Å². The van der Waals surface area contributed by atoms with Crippen molar-refractivity contribution in [1.82, 2.24) is 19.8 Å². The molecule has 0 saturated carbocycles. The summed E-state index contributed by atoms with van der Waals surface area (Å²) in [6.45, 7) is 2.47. The van der Waals surface area contributed by atoms with Crippen LogP contribution in [0.15, 0.2) is 59.5 Å². The van der Waals surface area contributed by atoms with Gasteiger partial charge in [0.2, 0.25) is 4.96 Å². The number of para-hydroxylation sites is 1. The molecular weight excluding hydrogens is 352 g/mol. The maximum atomic E-state index is 5.87. The number of aryl methyl sites for hydroxylation is 1. The summed E-state index contributed by atoms with van der Waals surface area (Å²) in [5, 5.41) is 14.0. The third kappa shape index (κ3) is 3.67. The number of fused-ring (bicyclic) bond motifs is 1. The lowest BCUT2D eigenvalue weighted by Gasteiger charge is -2.06. The average Bonchev–Trinajstić information content (AvgIpc) is 3.21. The van der Waals surface area contributed by atoms with Gasteiger partial charge >= 0.3 is 0 Å². The van der Waals surface area contributed by atoms with Gasteiger partial charge in [-0.15, -0.1) is 22.0 Å². The highest BCUT2D eigenvalue weighted by Crippen LogP contribution is 2.24. The van der Waals surface area contributed by atoms with E-state index in [9.17, 15) is 0 Å². The Balaban J connectivity index is 1.46. The summed E-state index contributed by atoms with van der Waals surface area (Å²) in [6, 6.07) is 18.2. The van der Waals surface area contributed by atoms with Gasteiger partial charge in [-0.05, 0) is 30.7 Å². The Hall–Kier alpha value is -2.38. The van der Waals surface area contributed by atoms with Gasteiger partial charge in [0.1, 0.15) is 12.4 Å². The zero-order valence-corrected chi connectivity index (χ0v) is 15.3. The SMILES string of the molecule is Cc1ccccc1OCc1nn2c(CSc3ccccc3)nnc2s1. The Morgan fingerprint density at radius 1 is 1.04 bits per heavy atom. The van der Waals surface area contributed by atoms with E-state index in [1.54, 1.807) is 11.8 Å². The molecule has 2 heterocycles. The Morgan fingerprint density at radius 3 is 2.68 bits per heavy atom. The van der Waals surface area contributed by atoms with Crippen molar-refractivity contribution >= 4 is 28.1 Å². The third-order valence-corrected chi connectivity index (χ3v) is 5.53. The van der Waals surface area contributed by atoms with Gasteiger partial charge in [-0.3, -0.25) is 0 Å². The fourth-order valence-electron chi connectivity index (χ4n) is 2.37. The molecule has 0 unspecified atom stereocenters. The molecule has 4 rings (SSSR count). The second-order valence-electron chi connectivity index (χ2n) is 5.46. The number of nitrogens with zero attached hydrogens (tertiary/aromatic N) is 4. The molecule has 0 N–H and O–H groups in total. The van der Waals surface area contributed by atoms with Crippen molar-refractivity contribution in [2.75, 3.05) is 0 Å². The molecule has 4 aromatic rings. The lowest BCUT2D eigenvalue weighted by atomic mass is 10.2. The van der Waals surface area contributed by atoms with Crippen LogP contribution >= 0.6 is 23.1 Å². The van der Waals surface area contributed by atoms with Gasteiger partial charge in [-0.2, -0.15) is 9.61 Å². The maximum Gasteiger partial charge on any atom is 0.234 e. The fraction of sp³-hybridized carbons (Fsp3) is 0.167. The molecule has 7 heteroatoms. The third-order valence-electron chi connectivity index (χ3n) is 3.65. The summed E-state index contributed by atoms with van der Waals surface area (Å²) in [7, 11) is 0. The van der Waals surface area contributed by atoms with E-state index in [1.165, 1.54) is 16.2 Å². The van der Waals surface area contributed by atoms with Gasteiger partial charge in [0, 0.05) is 4.90 Å². The molecule has 0 amide bonds. The highest BCUT2D eigenvalue weighted by Gasteiger charge is 2.12. The molecule has 0 bridgehead atoms. The Morgan fingerprint density at radius 2 is 1.84 bits per heavy atom. The van der Waals surface area contributed by atoms with E-state index in [4.69, 9.17) is 4.74 Å². The van der Waals surface area contributed by atoms with E-state index in [2.05, 4.69) is 27.4 Å². The second-order valence-corrected chi connectivity index (χ2v) is 7.55. The van der Waals surface area contributed by atoms with Crippen molar-refractivity contribution in [1.29, 1.82) is 0 Å². The molecule has 5 nitrogen and oxygen atoms in total. The maximum absolute atomic E-state index is 5.87. The van der Waals surface area contributed by atoms with Crippen LogP contribution in [0.4, 0.5) is 0 Å².